The molecule has 0 radical (unpaired) electrons. The molecule has 0 saturated heterocycles. The van der Waals surface area contributed by atoms with Crippen molar-refractivity contribution in [1.29, 1.82) is 5.26 Å². The lowest BCUT2D eigenvalue weighted by atomic mass is 10.2. The number of esters is 1. The summed E-state index contributed by atoms with van der Waals surface area (Å²) in [6.07, 6.45) is 2.10. The van der Waals surface area contributed by atoms with Crippen molar-refractivity contribution in [3.05, 3.63) is 39.8 Å². The van der Waals surface area contributed by atoms with Crippen molar-refractivity contribution in [2.75, 3.05) is 7.11 Å². The number of aromatic nitrogens is 4. The molecule has 0 aromatic carbocycles. The maximum absolute atomic E-state index is 11.2. The molecule has 10 heteroatoms. The molecule has 10 nitrogen and oxygen atoms in total. The molecule has 2 aromatic rings. The highest BCUT2D eigenvalue weighted by Crippen LogP contribution is 2.16. The molecule has 0 aliphatic rings. The van der Waals surface area contributed by atoms with Gasteiger partial charge >= 0.3 is 5.97 Å². The van der Waals surface area contributed by atoms with Crippen LogP contribution < -0.4 is 0 Å². The van der Waals surface area contributed by atoms with Crippen LogP contribution in [0.3, 0.4) is 0 Å². The van der Waals surface area contributed by atoms with Gasteiger partial charge in [0.1, 0.15) is 17.8 Å². The third-order valence-corrected chi connectivity index (χ3v) is 2.26. The maximum Gasteiger partial charge on any atom is 0.360 e. The van der Waals surface area contributed by atoms with Crippen molar-refractivity contribution < 1.29 is 14.5 Å². The van der Waals surface area contributed by atoms with E-state index in [1.807, 2.05) is 0 Å². The van der Waals surface area contributed by atoms with Crippen LogP contribution in [0.5, 0.6) is 0 Å². The Morgan fingerprint density at radius 1 is 1.55 bits per heavy atom. The molecule has 0 amide bonds. The Kier molecular flexibility index (Phi) is 3.34. The van der Waals surface area contributed by atoms with Crippen LogP contribution in [0.15, 0.2) is 18.5 Å². The molecule has 0 bridgehead atoms. The van der Waals surface area contributed by atoms with Crippen molar-refractivity contribution in [2.24, 2.45) is 0 Å². The number of hydrogen-bond donors (Lipinski definition) is 0. The summed E-state index contributed by atoms with van der Waals surface area (Å²) in [5, 5.41) is 27.1. The quantitative estimate of drug-likeness (QED) is 0.440. The maximum atomic E-state index is 11.2. The highest BCUT2D eigenvalue weighted by Gasteiger charge is 2.17. The van der Waals surface area contributed by atoms with Gasteiger partial charge in [-0.05, 0) is 0 Å². The molecule has 2 rings (SSSR count). The van der Waals surface area contributed by atoms with E-state index in [9.17, 15) is 14.9 Å². The van der Waals surface area contributed by atoms with Gasteiger partial charge in [-0.25, -0.2) is 9.78 Å². The highest BCUT2D eigenvalue weighted by molar-refractivity contribution is 5.86. The zero-order chi connectivity index (χ0) is 14.7. The van der Waals surface area contributed by atoms with Crippen LogP contribution in [0.25, 0.3) is 5.82 Å². The summed E-state index contributed by atoms with van der Waals surface area (Å²) in [6.45, 7) is 0. The molecule has 2 heterocycles. The minimum absolute atomic E-state index is 0.0201. The van der Waals surface area contributed by atoms with E-state index in [4.69, 9.17) is 5.26 Å². The second-order valence-electron chi connectivity index (χ2n) is 3.44. The van der Waals surface area contributed by atoms with E-state index >= 15 is 0 Å². The molecule has 0 N–H and O–H groups in total. The smallest absolute Gasteiger partial charge is 0.360 e. The molecule has 0 atom stereocenters. The van der Waals surface area contributed by atoms with Crippen molar-refractivity contribution in [2.45, 2.75) is 0 Å². The number of carbonyl (C=O) groups is 1. The Morgan fingerprint density at radius 3 is 2.90 bits per heavy atom. The molecule has 0 spiro atoms. The second kappa shape index (κ2) is 5.11. The van der Waals surface area contributed by atoms with E-state index < -0.39 is 10.9 Å². The Bertz CT molecular complexity index is 732. The zero-order valence-electron chi connectivity index (χ0n) is 10.0. The molecule has 0 aliphatic heterocycles. The lowest BCUT2D eigenvalue weighted by Crippen LogP contribution is -2.08. The number of pyridine rings is 1. The van der Waals surface area contributed by atoms with E-state index in [0.29, 0.717) is 0 Å². The first kappa shape index (κ1) is 13.1. The van der Waals surface area contributed by atoms with Gasteiger partial charge in [0.25, 0.3) is 5.69 Å². The number of nitriles is 1. The number of hydrogen-bond acceptors (Lipinski definition) is 8. The van der Waals surface area contributed by atoms with Gasteiger partial charge in [0.15, 0.2) is 11.5 Å². The molecular weight excluding hydrogens is 268 g/mol. The standard InChI is InChI=1S/C10H6N6O4/c1-20-10(17)8-5-13-15(14-8)9-6(3-11)2-7(4-12-9)16(18)19/h2,4-5H,1H3. The van der Waals surface area contributed by atoms with Gasteiger partial charge in [-0.3, -0.25) is 10.1 Å². The number of methoxy groups -OCH3 is 1. The van der Waals surface area contributed by atoms with Gasteiger partial charge in [-0.1, -0.05) is 0 Å². The lowest BCUT2D eigenvalue weighted by Gasteiger charge is -2.00. The van der Waals surface area contributed by atoms with E-state index in [1.54, 1.807) is 6.07 Å². The highest BCUT2D eigenvalue weighted by atomic mass is 16.6. The first-order valence-electron chi connectivity index (χ1n) is 5.12. The van der Waals surface area contributed by atoms with E-state index in [0.717, 1.165) is 23.3 Å². The molecular formula is C10H6N6O4. The number of nitro groups is 1. The van der Waals surface area contributed by atoms with Gasteiger partial charge in [0.2, 0.25) is 0 Å². The first-order valence-corrected chi connectivity index (χ1v) is 5.12. The predicted octanol–water partition coefficient (Wildman–Crippen LogP) is 0.229. The first-order chi connectivity index (χ1) is 9.56. The van der Waals surface area contributed by atoms with Gasteiger partial charge < -0.3 is 4.74 Å². The van der Waals surface area contributed by atoms with Crippen molar-refractivity contribution >= 4 is 11.7 Å². The SMILES string of the molecule is COC(=O)c1cnn(-c2ncc([N+](=O)[O-])cc2C#N)n1. The van der Waals surface area contributed by atoms with Gasteiger partial charge in [-0.15, -0.1) is 9.90 Å². The summed E-state index contributed by atoms with van der Waals surface area (Å²) >= 11 is 0. The molecule has 100 valence electrons. The summed E-state index contributed by atoms with van der Waals surface area (Å²) in [4.78, 5) is 25.9. The Balaban J connectivity index is 2.48. The second-order valence-corrected chi connectivity index (χ2v) is 3.44. The fourth-order valence-electron chi connectivity index (χ4n) is 1.35. The van der Waals surface area contributed by atoms with E-state index in [1.165, 1.54) is 7.11 Å². The van der Waals surface area contributed by atoms with Crippen LogP contribution >= 0.6 is 0 Å². The van der Waals surface area contributed by atoms with Crippen LogP contribution in [0.2, 0.25) is 0 Å². The monoisotopic (exact) mass is 274 g/mol. The van der Waals surface area contributed by atoms with E-state index in [2.05, 4.69) is 19.9 Å². The number of nitrogens with zero attached hydrogens (tertiary/aromatic N) is 6. The minimum atomic E-state index is -0.698. The van der Waals surface area contributed by atoms with E-state index in [-0.39, 0.29) is 22.8 Å². The lowest BCUT2D eigenvalue weighted by molar-refractivity contribution is -0.385. The Labute approximate surface area is 111 Å². The van der Waals surface area contributed by atoms with Crippen LogP contribution in [0, 0.1) is 21.4 Å². The molecule has 0 saturated carbocycles. The van der Waals surface area contributed by atoms with Gasteiger partial charge in [0, 0.05) is 6.07 Å². The van der Waals surface area contributed by atoms with Crippen LogP contribution in [-0.2, 0) is 4.74 Å². The Hall–Kier alpha value is -3.35. The van der Waals surface area contributed by atoms with Crippen LogP contribution in [-0.4, -0.2) is 38.0 Å². The van der Waals surface area contributed by atoms with Crippen molar-refractivity contribution in [3.8, 4) is 11.9 Å². The summed E-state index contributed by atoms with van der Waals surface area (Å²) in [5.74, 6) is -0.718. The fourth-order valence-corrected chi connectivity index (χ4v) is 1.35. The zero-order valence-corrected chi connectivity index (χ0v) is 10.0. The summed E-state index contributed by atoms with van der Waals surface area (Å²) in [7, 11) is 1.19. The average Bonchev–Trinajstić information content (AvgIpc) is 2.95. The Morgan fingerprint density at radius 2 is 2.30 bits per heavy atom. The topological polar surface area (TPSA) is 137 Å². The molecule has 0 unspecified atom stereocenters. The minimum Gasteiger partial charge on any atom is -0.464 e. The number of ether oxygens (including phenoxy) is 1. The average molecular weight is 274 g/mol. The van der Waals surface area contributed by atoms with Gasteiger partial charge in [0.05, 0.1) is 18.2 Å². The molecule has 0 aliphatic carbocycles. The van der Waals surface area contributed by atoms with Crippen LogP contribution in [0.4, 0.5) is 5.69 Å². The normalized spacial score (nSPS) is 9.80. The van der Waals surface area contributed by atoms with Gasteiger partial charge in [-0.2, -0.15) is 10.4 Å². The third kappa shape index (κ3) is 2.27. The third-order valence-electron chi connectivity index (χ3n) is 2.26. The van der Waals surface area contributed by atoms with Crippen LogP contribution in [0.1, 0.15) is 16.1 Å². The molecule has 0 fully saturated rings. The van der Waals surface area contributed by atoms with Crippen molar-refractivity contribution in [1.82, 2.24) is 20.0 Å². The summed E-state index contributed by atoms with van der Waals surface area (Å²) in [5.41, 5.74) is -0.492. The summed E-state index contributed by atoms with van der Waals surface area (Å²) < 4.78 is 4.46. The predicted molar refractivity (Wildman–Crippen MR) is 61.9 cm³/mol. The molecule has 20 heavy (non-hydrogen) atoms. The number of carbonyl (C=O) groups excluding carboxylic acids is 1. The fraction of sp³-hybridized carbons (Fsp3) is 0.100. The van der Waals surface area contributed by atoms with Crippen molar-refractivity contribution in [3.63, 3.8) is 0 Å². The largest absolute Gasteiger partial charge is 0.464 e. The number of rotatable bonds is 3. The molecule has 2 aromatic heterocycles. The summed E-state index contributed by atoms with van der Waals surface area (Å²) in [6, 6.07) is 2.80.